The van der Waals surface area contributed by atoms with E-state index in [1.54, 1.807) is 37.1 Å². The van der Waals surface area contributed by atoms with Crippen LogP contribution < -0.4 is 4.74 Å². The number of aromatic hydroxyl groups is 1. The monoisotopic (exact) mass is 380 g/mol. The van der Waals surface area contributed by atoms with E-state index in [0.717, 1.165) is 10.8 Å². The predicted octanol–water partition coefficient (Wildman–Crippen LogP) is 4.14. The van der Waals surface area contributed by atoms with Gasteiger partial charge in [-0.05, 0) is 18.1 Å². The zero-order chi connectivity index (χ0) is 18.0. The van der Waals surface area contributed by atoms with Crippen molar-refractivity contribution in [1.82, 2.24) is 4.98 Å². The van der Waals surface area contributed by atoms with Crippen LogP contribution in [0.3, 0.4) is 0 Å². The number of methoxy groups -OCH3 is 1. The first-order valence-electron chi connectivity index (χ1n) is 8.16. The minimum absolute atomic E-state index is 0.140. The van der Waals surface area contributed by atoms with Crippen LogP contribution in [0, 0.1) is 5.92 Å². The van der Waals surface area contributed by atoms with E-state index >= 15 is 0 Å². The van der Waals surface area contributed by atoms with Crippen LogP contribution in [0.5, 0.6) is 11.5 Å². The minimum Gasteiger partial charge on any atom is -0.507 e. The maximum atomic E-state index is 10.4. The first-order valence-corrected chi connectivity index (χ1v) is 9.52. The molecule has 1 aromatic heterocycles. The van der Waals surface area contributed by atoms with Crippen molar-refractivity contribution in [2.75, 3.05) is 26.1 Å². The fraction of sp³-hybridized carbons (Fsp3) is 0.444. The number of rotatable bonds is 6. The number of aromatic nitrogens is 1. The Morgan fingerprint density at radius 3 is 2.84 bits per heavy atom. The van der Waals surface area contributed by atoms with E-state index in [9.17, 15) is 5.11 Å². The molecule has 2 heterocycles. The molecular weight excluding hydrogens is 360 g/mol. The van der Waals surface area contributed by atoms with Crippen molar-refractivity contribution in [3.8, 4) is 11.5 Å². The van der Waals surface area contributed by atoms with Crippen molar-refractivity contribution in [2.45, 2.75) is 19.9 Å². The molecule has 3 rings (SSSR count). The number of halogens is 1. The maximum Gasteiger partial charge on any atom is 0.140 e. The number of hydrogen-bond donors (Lipinski definition) is 1. The third kappa shape index (κ3) is 3.86. The van der Waals surface area contributed by atoms with Crippen LogP contribution in [-0.4, -0.2) is 47.3 Å². The van der Waals surface area contributed by atoms with E-state index in [0.29, 0.717) is 46.5 Å². The standard InChI is InChI=1S/C18H21ClN2O3S/c1-10(2)13-9-25-18(21-13)12-8-14(22)11-4-5-15(24-7-6-23-3)16(19)17(11)20-12/h4-5,8,10,13H,6-7,9H2,1-3H3,(H,20,22). The number of fused-ring (bicyclic) bond motifs is 1. The average Bonchev–Trinajstić information content (AvgIpc) is 3.08. The van der Waals surface area contributed by atoms with Gasteiger partial charge in [0.15, 0.2) is 0 Å². The highest BCUT2D eigenvalue weighted by Gasteiger charge is 2.24. The van der Waals surface area contributed by atoms with Gasteiger partial charge in [-0.3, -0.25) is 4.99 Å². The summed E-state index contributed by atoms with van der Waals surface area (Å²) in [5.41, 5.74) is 1.16. The SMILES string of the molecule is COCCOc1ccc2c(O)cc(C3=NC(C(C)C)CS3)nc2c1Cl. The third-order valence-electron chi connectivity index (χ3n) is 4.07. The van der Waals surface area contributed by atoms with Crippen molar-refractivity contribution in [3.05, 3.63) is 28.9 Å². The summed E-state index contributed by atoms with van der Waals surface area (Å²) in [5, 5.41) is 12.2. The highest BCUT2D eigenvalue weighted by atomic mass is 35.5. The summed E-state index contributed by atoms with van der Waals surface area (Å²) in [6, 6.07) is 5.42. The number of thioether (sulfide) groups is 1. The molecule has 1 unspecified atom stereocenters. The van der Waals surface area contributed by atoms with E-state index < -0.39 is 0 Å². The van der Waals surface area contributed by atoms with Gasteiger partial charge in [0.2, 0.25) is 0 Å². The number of nitrogens with zero attached hydrogens (tertiary/aromatic N) is 2. The molecular formula is C18H21ClN2O3S. The molecule has 0 bridgehead atoms. The molecule has 1 N–H and O–H groups in total. The summed E-state index contributed by atoms with van der Waals surface area (Å²) >= 11 is 8.13. The second-order valence-electron chi connectivity index (χ2n) is 6.20. The Bertz CT molecular complexity index is 810. The Morgan fingerprint density at radius 1 is 1.36 bits per heavy atom. The molecule has 0 saturated carbocycles. The van der Waals surface area contributed by atoms with Gasteiger partial charge in [0.25, 0.3) is 0 Å². The highest BCUT2D eigenvalue weighted by Crippen LogP contribution is 2.37. The fourth-order valence-electron chi connectivity index (χ4n) is 2.55. The number of pyridine rings is 1. The smallest absolute Gasteiger partial charge is 0.140 e. The van der Waals surface area contributed by atoms with Crippen LogP contribution in [-0.2, 0) is 4.74 Å². The summed E-state index contributed by atoms with van der Waals surface area (Å²) in [5.74, 6) is 2.07. The zero-order valence-electron chi connectivity index (χ0n) is 14.5. The quantitative estimate of drug-likeness (QED) is 0.763. The molecule has 25 heavy (non-hydrogen) atoms. The predicted molar refractivity (Wildman–Crippen MR) is 103 cm³/mol. The fourth-order valence-corrected chi connectivity index (χ4v) is 4.06. The Hall–Kier alpha value is -1.50. The molecule has 7 heteroatoms. The number of benzene rings is 1. The Labute approximate surface area is 156 Å². The van der Waals surface area contributed by atoms with E-state index in [2.05, 4.69) is 18.8 Å². The van der Waals surface area contributed by atoms with Crippen LogP contribution in [0.25, 0.3) is 10.9 Å². The molecule has 0 saturated heterocycles. The molecule has 0 radical (unpaired) electrons. The zero-order valence-corrected chi connectivity index (χ0v) is 16.0. The second-order valence-corrected chi connectivity index (χ2v) is 7.59. The van der Waals surface area contributed by atoms with Crippen LogP contribution in [0.4, 0.5) is 0 Å². The van der Waals surface area contributed by atoms with Gasteiger partial charge in [-0.2, -0.15) is 0 Å². The van der Waals surface area contributed by atoms with Crippen molar-refractivity contribution >= 4 is 39.3 Å². The molecule has 134 valence electrons. The van der Waals surface area contributed by atoms with E-state index in [-0.39, 0.29) is 11.8 Å². The number of ether oxygens (including phenoxy) is 2. The lowest BCUT2D eigenvalue weighted by molar-refractivity contribution is 0.146. The molecule has 0 spiro atoms. The van der Waals surface area contributed by atoms with Gasteiger partial charge in [-0.15, -0.1) is 11.8 Å². The molecule has 0 fully saturated rings. The first kappa shape index (κ1) is 18.3. The first-order chi connectivity index (χ1) is 12.0. The lowest BCUT2D eigenvalue weighted by atomic mass is 10.1. The lowest BCUT2D eigenvalue weighted by Crippen LogP contribution is -2.11. The topological polar surface area (TPSA) is 63.9 Å². The van der Waals surface area contributed by atoms with E-state index in [1.165, 1.54) is 0 Å². The molecule has 1 atom stereocenters. The second kappa shape index (κ2) is 7.81. The van der Waals surface area contributed by atoms with E-state index in [1.807, 2.05) is 0 Å². The molecule has 5 nitrogen and oxygen atoms in total. The third-order valence-corrected chi connectivity index (χ3v) is 5.53. The summed E-state index contributed by atoms with van der Waals surface area (Å²) < 4.78 is 10.6. The molecule has 0 aliphatic carbocycles. The summed E-state index contributed by atoms with van der Waals surface area (Å²) in [6.07, 6.45) is 0. The Morgan fingerprint density at radius 2 is 2.16 bits per heavy atom. The van der Waals surface area contributed by atoms with Crippen molar-refractivity contribution in [2.24, 2.45) is 10.9 Å². The normalized spacial score (nSPS) is 17.3. The molecule has 1 aliphatic heterocycles. The van der Waals surface area contributed by atoms with Gasteiger partial charge in [0.1, 0.15) is 28.2 Å². The van der Waals surface area contributed by atoms with Crippen LogP contribution in [0.2, 0.25) is 5.02 Å². The van der Waals surface area contributed by atoms with Gasteiger partial charge >= 0.3 is 0 Å². The van der Waals surface area contributed by atoms with Gasteiger partial charge in [-0.25, -0.2) is 4.98 Å². The molecule has 2 aromatic rings. The average molecular weight is 381 g/mol. The van der Waals surface area contributed by atoms with Crippen molar-refractivity contribution < 1.29 is 14.6 Å². The van der Waals surface area contributed by atoms with Gasteiger partial charge in [0.05, 0.1) is 23.9 Å². The van der Waals surface area contributed by atoms with E-state index in [4.69, 9.17) is 26.1 Å². The van der Waals surface area contributed by atoms with Gasteiger partial charge in [-0.1, -0.05) is 25.4 Å². The lowest BCUT2D eigenvalue weighted by Gasteiger charge is -2.11. The molecule has 1 aromatic carbocycles. The maximum absolute atomic E-state index is 10.4. The summed E-state index contributed by atoms with van der Waals surface area (Å²) in [7, 11) is 1.61. The summed E-state index contributed by atoms with van der Waals surface area (Å²) in [6.45, 7) is 5.18. The van der Waals surface area contributed by atoms with Crippen molar-refractivity contribution in [3.63, 3.8) is 0 Å². The van der Waals surface area contributed by atoms with Crippen molar-refractivity contribution in [1.29, 1.82) is 0 Å². The van der Waals surface area contributed by atoms with Crippen LogP contribution in [0.1, 0.15) is 19.5 Å². The van der Waals surface area contributed by atoms with Crippen LogP contribution >= 0.6 is 23.4 Å². The highest BCUT2D eigenvalue weighted by molar-refractivity contribution is 8.14. The summed E-state index contributed by atoms with van der Waals surface area (Å²) in [4.78, 5) is 9.38. The minimum atomic E-state index is 0.140. The van der Waals surface area contributed by atoms with Crippen LogP contribution in [0.15, 0.2) is 23.2 Å². The van der Waals surface area contributed by atoms with Gasteiger partial charge < -0.3 is 14.6 Å². The Kier molecular flexibility index (Phi) is 5.71. The van der Waals surface area contributed by atoms with Gasteiger partial charge in [0, 0.05) is 24.3 Å². The number of hydrogen-bond acceptors (Lipinski definition) is 6. The largest absolute Gasteiger partial charge is 0.507 e. The molecule has 0 amide bonds. The Balaban J connectivity index is 1.99. The molecule has 1 aliphatic rings. The number of aliphatic imine (C=N–C) groups is 1.